The molecule has 0 spiro atoms. The zero-order chi connectivity index (χ0) is 36.8. The van der Waals surface area contributed by atoms with E-state index >= 15 is 0 Å². The smallest absolute Gasteiger partial charge is 0.209 e. The number of hydrogen-bond acceptors (Lipinski definition) is 2. The van der Waals surface area contributed by atoms with Crippen LogP contribution in [0.4, 0.5) is 22.7 Å². The minimum absolute atomic E-state index is 0.0740. The fourth-order valence-electron chi connectivity index (χ4n) is 10.5. The van der Waals surface area contributed by atoms with E-state index in [1.807, 2.05) is 0 Å². The van der Waals surface area contributed by atoms with Gasteiger partial charge in [0.25, 0.3) is 0 Å². The number of rotatable bonds is 7. The van der Waals surface area contributed by atoms with Crippen LogP contribution >= 0.6 is 0 Å². The molecule has 8 rings (SSSR count). The topological polar surface area (TPSA) is 12.5 Å². The summed E-state index contributed by atoms with van der Waals surface area (Å²) in [5.41, 5.74) is 16.2. The summed E-state index contributed by atoms with van der Waals surface area (Å²) in [7, 11) is 9.02. The molecule has 4 nitrogen and oxygen atoms in total. The van der Waals surface area contributed by atoms with E-state index in [4.69, 9.17) is 0 Å². The number of benzene rings is 4. The third-order valence-electron chi connectivity index (χ3n) is 13.6. The molecule has 4 aromatic rings. The average molecular weight is 689 g/mol. The highest BCUT2D eigenvalue weighted by atomic mass is 15.2. The van der Waals surface area contributed by atoms with Gasteiger partial charge in [-0.1, -0.05) is 85.6 Å². The second-order valence-electron chi connectivity index (χ2n) is 17.3. The Hall–Kier alpha value is -4.70. The van der Waals surface area contributed by atoms with E-state index in [9.17, 15) is 0 Å². The van der Waals surface area contributed by atoms with E-state index in [-0.39, 0.29) is 21.7 Å². The fraction of sp³-hybridized carbons (Fsp3) is 0.375. The zero-order valence-corrected chi connectivity index (χ0v) is 33.0. The first-order valence-corrected chi connectivity index (χ1v) is 19.2. The van der Waals surface area contributed by atoms with Crippen molar-refractivity contribution >= 4 is 34.2 Å². The third-order valence-corrected chi connectivity index (χ3v) is 13.6. The van der Waals surface area contributed by atoms with Crippen molar-refractivity contribution in [1.82, 2.24) is 0 Å². The van der Waals surface area contributed by atoms with Crippen molar-refractivity contribution in [2.24, 2.45) is 0 Å². The molecule has 4 aromatic carbocycles. The van der Waals surface area contributed by atoms with E-state index in [0.29, 0.717) is 0 Å². The van der Waals surface area contributed by atoms with Crippen LogP contribution in [0.25, 0.3) is 0 Å². The Labute approximate surface area is 312 Å². The molecule has 0 saturated carbocycles. The molecular weight excluding hydrogens is 633 g/mol. The van der Waals surface area contributed by atoms with Gasteiger partial charge in [0.2, 0.25) is 11.4 Å². The molecule has 4 heterocycles. The molecule has 2 unspecified atom stereocenters. The molecule has 4 aliphatic rings. The molecule has 52 heavy (non-hydrogen) atoms. The Morgan fingerprint density at radius 1 is 0.481 bits per heavy atom. The molecule has 0 bridgehead atoms. The van der Waals surface area contributed by atoms with E-state index in [0.717, 1.165) is 25.7 Å². The van der Waals surface area contributed by atoms with Crippen molar-refractivity contribution in [2.75, 3.05) is 38.0 Å². The molecule has 0 saturated heterocycles. The maximum Gasteiger partial charge on any atom is 0.209 e. The van der Waals surface area contributed by atoms with Crippen LogP contribution in [0.3, 0.4) is 0 Å². The highest BCUT2D eigenvalue weighted by Gasteiger charge is 2.49. The number of hydrogen-bond donors (Lipinski definition) is 0. The Kier molecular flexibility index (Phi) is 7.88. The van der Waals surface area contributed by atoms with Crippen molar-refractivity contribution < 1.29 is 9.15 Å². The maximum atomic E-state index is 2.53. The quantitative estimate of drug-likeness (QED) is 0.142. The lowest BCUT2D eigenvalue weighted by molar-refractivity contribution is -0.401. The predicted molar refractivity (Wildman–Crippen MR) is 220 cm³/mol. The number of nitrogens with zero attached hydrogens (tertiary/aromatic N) is 4. The lowest BCUT2D eigenvalue weighted by Crippen LogP contribution is -2.33. The SMILES string of the molecule is CN1C(=CC2=[N+](C)c3ccccc3C2(C)C)C(C)(CCCCC2(C)C(=CC3=[N+](C)c4ccccc4C3(C)C)N(C)c3ccccc32)c2ccccc21. The highest BCUT2D eigenvalue weighted by Crippen LogP contribution is 2.53. The summed E-state index contributed by atoms with van der Waals surface area (Å²) >= 11 is 0. The molecule has 0 radical (unpaired) electrons. The van der Waals surface area contributed by atoms with E-state index in [1.165, 1.54) is 67.8 Å². The number of para-hydroxylation sites is 4. The molecule has 0 aromatic heterocycles. The van der Waals surface area contributed by atoms with Crippen molar-refractivity contribution in [3.05, 3.63) is 143 Å². The lowest BCUT2D eigenvalue weighted by atomic mass is 9.73. The molecule has 4 heteroatoms. The monoisotopic (exact) mass is 688 g/mol. The molecule has 0 N–H and O–H groups in total. The Morgan fingerprint density at radius 2 is 0.808 bits per heavy atom. The first-order valence-electron chi connectivity index (χ1n) is 19.2. The predicted octanol–water partition coefficient (Wildman–Crippen LogP) is 10.5. The molecule has 0 aliphatic carbocycles. The lowest BCUT2D eigenvalue weighted by Gasteiger charge is -2.32. The Bertz CT molecular complexity index is 2090. The van der Waals surface area contributed by atoms with Crippen LogP contribution in [-0.4, -0.2) is 48.8 Å². The summed E-state index contributed by atoms with van der Waals surface area (Å²) in [5, 5.41) is 0. The van der Waals surface area contributed by atoms with Gasteiger partial charge in [-0.25, -0.2) is 0 Å². The van der Waals surface area contributed by atoms with Crippen LogP contribution in [0.15, 0.2) is 121 Å². The van der Waals surface area contributed by atoms with Gasteiger partial charge in [-0.2, -0.15) is 9.15 Å². The van der Waals surface area contributed by atoms with Crippen molar-refractivity contribution in [1.29, 1.82) is 0 Å². The van der Waals surface area contributed by atoms with Gasteiger partial charge in [-0.05, 0) is 77.6 Å². The molecule has 2 atom stereocenters. The van der Waals surface area contributed by atoms with Crippen molar-refractivity contribution in [3.8, 4) is 0 Å². The summed E-state index contributed by atoms with van der Waals surface area (Å²) in [6, 6.07) is 36.0. The van der Waals surface area contributed by atoms with Crippen LogP contribution in [0, 0.1) is 0 Å². The van der Waals surface area contributed by atoms with Gasteiger partial charge in [0.1, 0.15) is 14.1 Å². The number of allylic oxidation sites excluding steroid dienone is 4. The zero-order valence-electron chi connectivity index (χ0n) is 33.0. The largest absolute Gasteiger partial charge is 0.347 e. The standard InChI is InChI=1S/C48H56N4/c1-45(2)33-21-11-15-25-37(33)49(7)41(45)31-43-47(5,35-23-13-17-27-39(35)51(43)9)29-19-20-30-48(6)36-24-14-18-28-40(36)52(10)44(48)32-42-46(3,4)34-22-12-16-26-38(34)50(42)8/h11-18,21-28,31-32H,19-20,29-30H2,1-10H3/q+2. The summed E-state index contributed by atoms with van der Waals surface area (Å²) in [6.45, 7) is 14.5. The van der Waals surface area contributed by atoms with Crippen LogP contribution < -0.4 is 9.80 Å². The minimum atomic E-state index is -0.0911. The molecular formula is C48H56N4+2. The maximum absolute atomic E-state index is 2.53. The Morgan fingerprint density at radius 3 is 1.17 bits per heavy atom. The molecule has 266 valence electrons. The summed E-state index contributed by atoms with van der Waals surface area (Å²) < 4.78 is 4.84. The van der Waals surface area contributed by atoms with Crippen LogP contribution in [-0.2, 0) is 21.7 Å². The fourth-order valence-corrected chi connectivity index (χ4v) is 10.5. The van der Waals surface area contributed by atoms with Crippen molar-refractivity contribution in [3.63, 3.8) is 0 Å². The first kappa shape index (κ1) is 34.4. The van der Waals surface area contributed by atoms with Gasteiger partial charge in [0.05, 0.1) is 10.8 Å². The van der Waals surface area contributed by atoms with Crippen molar-refractivity contribution in [2.45, 2.75) is 88.9 Å². The Balaban J connectivity index is 1.12. The average Bonchev–Trinajstić information content (AvgIpc) is 3.65. The summed E-state index contributed by atoms with van der Waals surface area (Å²) in [6.07, 6.45) is 9.54. The van der Waals surface area contributed by atoms with Gasteiger partial charge in [-0.3, -0.25) is 0 Å². The third kappa shape index (κ3) is 4.79. The van der Waals surface area contributed by atoms with Gasteiger partial charge in [0, 0.05) is 83.1 Å². The number of anilines is 2. The second-order valence-corrected chi connectivity index (χ2v) is 17.3. The first-order chi connectivity index (χ1) is 24.7. The van der Waals surface area contributed by atoms with E-state index < -0.39 is 0 Å². The van der Waals surface area contributed by atoms with Gasteiger partial charge >= 0.3 is 0 Å². The van der Waals surface area contributed by atoms with Crippen LogP contribution in [0.2, 0.25) is 0 Å². The van der Waals surface area contributed by atoms with Crippen LogP contribution in [0.5, 0.6) is 0 Å². The van der Waals surface area contributed by atoms with Gasteiger partial charge < -0.3 is 9.80 Å². The number of likely N-dealkylation sites (N-methyl/N-ethyl adjacent to an activating group) is 2. The molecule has 0 fully saturated rings. The molecule has 4 aliphatic heterocycles. The summed E-state index contributed by atoms with van der Waals surface area (Å²) in [4.78, 5) is 4.93. The van der Waals surface area contributed by atoms with Gasteiger partial charge in [0.15, 0.2) is 11.4 Å². The number of unbranched alkanes of at least 4 members (excludes halogenated alkanes) is 1. The molecule has 0 amide bonds. The number of fused-ring (bicyclic) bond motifs is 4. The second kappa shape index (κ2) is 11.9. The highest BCUT2D eigenvalue weighted by molar-refractivity contribution is 6.05. The van der Waals surface area contributed by atoms with E-state index in [2.05, 4.69) is 198 Å². The van der Waals surface area contributed by atoms with Crippen LogP contribution in [0.1, 0.15) is 89.5 Å². The normalized spacial score (nSPS) is 25.3. The summed E-state index contributed by atoms with van der Waals surface area (Å²) in [5.74, 6) is 0. The van der Waals surface area contributed by atoms with E-state index in [1.54, 1.807) is 0 Å². The minimum Gasteiger partial charge on any atom is -0.347 e. The van der Waals surface area contributed by atoms with Gasteiger partial charge in [-0.15, -0.1) is 0 Å².